The maximum Gasteiger partial charge on any atom is 0.229 e. The Bertz CT molecular complexity index is 359. The Labute approximate surface area is 76.0 Å². The van der Waals surface area contributed by atoms with E-state index in [1.165, 1.54) is 6.20 Å². The van der Waals surface area contributed by atoms with Gasteiger partial charge in [0.2, 0.25) is 5.91 Å². The SMILES string of the molecule is NC(=O)CC#Cc1ccc(N)cn1. The highest BCUT2D eigenvalue weighted by molar-refractivity contribution is 5.76. The Balaban J connectivity index is 2.67. The third kappa shape index (κ3) is 3.25. The molecule has 4 heteroatoms. The van der Waals surface area contributed by atoms with Crippen molar-refractivity contribution in [2.75, 3.05) is 5.73 Å². The molecule has 0 saturated carbocycles. The van der Waals surface area contributed by atoms with Gasteiger partial charge in [0, 0.05) is 0 Å². The maximum atomic E-state index is 10.3. The lowest BCUT2D eigenvalue weighted by Gasteiger charge is -1.90. The molecule has 1 amide bonds. The van der Waals surface area contributed by atoms with Gasteiger partial charge >= 0.3 is 0 Å². The summed E-state index contributed by atoms with van der Waals surface area (Å²) in [6.07, 6.45) is 1.56. The molecule has 1 aromatic heterocycles. The molecule has 1 rings (SSSR count). The Morgan fingerprint density at radius 1 is 1.54 bits per heavy atom. The summed E-state index contributed by atoms with van der Waals surface area (Å²) in [5.74, 6) is 4.84. The van der Waals surface area contributed by atoms with Crippen LogP contribution in [0.4, 0.5) is 5.69 Å². The van der Waals surface area contributed by atoms with Gasteiger partial charge < -0.3 is 11.5 Å². The molecular formula is C9H9N3O. The molecule has 1 heterocycles. The number of nitrogens with two attached hydrogens (primary N) is 2. The van der Waals surface area contributed by atoms with Gasteiger partial charge in [-0.1, -0.05) is 5.92 Å². The number of pyridine rings is 1. The van der Waals surface area contributed by atoms with Gasteiger partial charge in [-0.15, -0.1) is 0 Å². The lowest BCUT2D eigenvalue weighted by Crippen LogP contribution is -2.08. The van der Waals surface area contributed by atoms with E-state index < -0.39 is 5.91 Å². The molecule has 0 fully saturated rings. The lowest BCUT2D eigenvalue weighted by atomic mass is 10.3. The summed E-state index contributed by atoms with van der Waals surface area (Å²) in [5, 5.41) is 0. The zero-order chi connectivity index (χ0) is 9.68. The average molecular weight is 175 g/mol. The first-order valence-corrected chi connectivity index (χ1v) is 3.67. The van der Waals surface area contributed by atoms with Crippen LogP contribution < -0.4 is 11.5 Å². The van der Waals surface area contributed by atoms with Crippen molar-refractivity contribution in [1.82, 2.24) is 4.98 Å². The number of hydrogen-bond donors (Lipinski definition) is 2. The van der Waals surface area contributed by atoms with Gasteiger partial charge in [0.05, 0.1) is 18.3 Å². The largest absolute Gasteiger partial charge is 0.397 e. The molecule has 66 valence electrons. The molecule has 0 aromatic carbocycles. The van der Waals surface area contributed by atoms with Crippen LogP contribution in [0, 0.1) is 11.8 Å². The topological polar surface area (TPSA) is 82.0 Å². The molecule has 0 unspecified atom stereocenters. The number of aromatic nitrogens is 1. The van der Waals surface area contributed by atoms with E-state index in [-0.39, 0.29) is 6.42 Å². The minimum atomic E-state index is -0.442. The van der Waals surface area contributed by atoms with Gasteiger partial charge in [-0.05, 0) is 18.1 Å². The second kappa shape index (κ2) is 4.12. The smallest absolute Gasteiger partial charge is 0.229 e. The predicted octanol–water partition coefficient (Wildman–Crippen LogP) is -0.109. The molecule has 4 N–H and O–H groups in total. The fourth-order valence-electron chi connectivity index (χ4n) is 0.701. The fraction of sp³-hybridized carbons (Fsp3) is 0.111. The summed E-state index contributed by atoms with van der Waals surface area (Å²) >= 11 is 0. The number of rotatable bonds is 1. The minimum absolute atomic E-state index is 0.0477. The number of amides is 1. The van der Waals surface area contributed by atoms with Crippen molar-refractivity contribution in [2.24, 2.45) is 5.73 Å². The van der Waals surface area contributed by atoms with E-state index in [4.69, 9.17) is 11.5 Å². The van der Waals surface area contributed by atoms with Gasteiger partial charge in [0.25, 0.3) is 0 Å². The lowest BCUT2D eigenvalue weighted by molar-refractivity contribution is -0.117. The molecule has 0 aliphatic carbocycles. The van der Waals surface area contributed by atoms with Crippen LogP contribution in [0.5, 0.6) is 0 Å². The molecule has 0 bridgehead atoms. The molecule has 0 radical (unpaired) electrons. The standard InChI is InChI=1S/C9H9N3O/c10-7-4-5-8(12-6-7)2-1-3-9(11)13/h4-6H,3,10H2,(H2,11,13). The summed E-state index contributed by atoms with van der Waals surface area (Å²) in [5.41, 5.74) is 11.5. The normalized spacial score (nSPS) is 8.62. The highest BCUT2D eigenvalue weighted by Crippen LogP contribution is 1.98. The first-order chi connectivity index (χ1) is 6.18. The first-order valence-electron chi connectivity index (χ1n) is 3.67. The van der Waals surface area contributed by atoms with Crippen molar-refractivity contribution in [1.29, 1.82) is 0 Å². The molecule has 0 aliphatic rings. The molecule has 0 atom stereocenters. The summed E-state index contributed by atoms with van der Waals surface area (Å²) in [6, 6.07) is 3.38. The second-order valence-electron chi connectivity index (χ2n) is 2.42. The zero-order valence-electron chi connectivity index (χ0n) is 6.95. The Morgan fingerprint density at radius 3 is 2.85 bits per heavy atom. The van der Waals surface area contributed by atoms with Crippen molar-refractivity contribution in [3.63, 3.8) is 0 Å². The number of nitrogen functional groups attached to an aromatic ring is 1. The van der Waals surface area contributed by atoms with Crippen LogP contribution in [0.15, 0.2) is 18.3 Å². The quantitative estimate of drug-likeness (QED) is 0.584. The van der Waals surface area contributed by atoms with E-state index in [1.807, 2.05) is 0 Å². The van der Waals surface area contributed by atoms with Crippen molar-refractivity contribution >= 4 is 11.6 Å². The Kier molecular flexibility index (Phi) is 2.87. The number of anilines is 1. The van der Waals surface area contributed by atoms with E-state index in [1.54, 1.807) is 12.1 Å². The van der Waals surface area contributed by atoms with Gasteiger partial charge in [0.15, 0.2) is 0 Å². The molecule has 4 nitrogen and oxygen atoms in total. The summed E-state index contributed by atoms with van der Waals surface area (Å²) in [7, 11) is 0. The number of primary amides is 1. The van der Waals surface area contributed by atoms with Gasteiger partial charge in [-0.2, -0.15) is 0 Å². The van der Waals surface area contributed by atoms with E-state index >= 15 is 0 Å². The predicted molar refractivity (Wildman–Crippen MR) is 49.3 cm³/mol. The Hall–Kier alpha value is -2.02. The van der Waals surface area contributed by atoms with E-state index in [0.29, 0.717) is 11.4 Å². The number of hydrogen-bond acceptors (Lipinski definition) is 3. The molecule has 1 aromatic rings. The van der Waals surface area contributed by atoms with Crippen LogP contribution in [0.25, 0.3) is 0 Å². The number of carbonyl (C=O) groups excluding carboxylic acids is 1. The van der Waals surface area contributed by atoms with Crippen molar-refractivity contribution in [3.05, 3.63) is 24.0 Å². The third-order valence-corrected chi connectivity index (χ3v) is 1.27. The van der Waals surface area contributed by atoms with Crippen molar-refractivity contribution in [2.45, 2.75) is 6.42 Å². The monoisotopic (exact) mass is 175 g/mol. The summed E-state index contributed by atoms with van der Waals surface area (Å²) < 4.78 is 0. The van der Waals surface area contributed by atoms with Crippen LogP contribution in [0.1, 0.15) is 12.1 Å². The van der Waals surface area contributed by atoms with Crippen molar-refractivity contribution < 1.29 is 4.79 Å². The van der Waals surface area contributed by atoms with Crippen molar-refractivity contribution in [3.8, 4) is 11.8 Å². The summed E-state index contributed by atoms with van der Waals surface area (Å²) in [4.78, 5) is 14.2. The van der Waals surface area contributed by atoms with Crippen LogP contribution >= 0.6 is 0 Å². The first kappa shape index (κ1) is 9.07. The van der Waals surface area contributed by atoms with E-state index in [2.05, 4.69) is 16.8 Å². The van der Waals surface area contributed by atoms with Crippen LogP contribution in [-0.2, 0) is 4.79 Å². The van der Waals surface area contributed by atoms with E-state index in [9.17, 15) is 4.79 Å². The molecule has 13 heavy (non-hydrogen) atoms. The third-order valence-electron chi connectivity index (χ3n) is 1.27. The second-order valence-corrected chi connectivity index (χ2v) is 2.42. The highest BCUT2D eigenvalue weighted by Gasteiger charge is 1.88. The van der Waals surface area contributed by atoms with Crippen LogP contribution in [0.2, 0.25) is 0 Å². The fourth-order valence-corrected chi connectivity index (χ4v) is 0.701. The molecule has 0 saturated heterocycles. The molecular weight excluding hydrogens is 166 g/mol. The maximum absolute atomic E-state index is 10.3. The van der Waals surface area contributed by atoms with E-state index in [0.717, 1.165) is 0 Å². The van der Waals surface area contributed by atoms with Gasteiger partial charge in [-0.3, -0.25) is 4.79 Å². The number of nitrogens with zero attached hydrogens (tertiary/aromatic N) is 1. The van der Waals surface area contributed by atoms with Crippen LogP contribution in [-0.4, -0.2) is 10.9 Å². The summed E-state index contributed by atoms with van der Waals surface area (Å²) in [6.45, 7) is 0. The zero-order valence-corrected chi connectivity index (χ0v) is 6.95. The molecule has 0 aliphatic heterocycles. The molecule has 0 spiro atoms. The van der Waals surface area contributed by atoms with Gasteiger partial charge in [0.1, 0.15) is 5.69 Å². The van der Waals surface area contributed by atoms with Crippen LogP contribution in [0.3, 0.4) is 0 Å². The average Bonchev–Trinajstić information content (AvgIpc) is 2.08. The highest BCUT2D eigenvalue weighted by atomic mass is 16.1. The minimum Gasteiger partial charge on any atom is -0.397 e. The Morgan fingerprint density at radius 2 is 2.31 bits per heavy atom. The number of carbonyl (C=O) groups is 1. The van der Waals surface area contributed by atoms with Gasteiger partial charge in [-0.25, -0.2) is 4.98 Å².